The summed E-state index contributed by atoms with van der Waals surface area (Å²) in [7, 11) is 0. The van der Waals surface area contributed by atoms with E-state index in [9.17, 15) is 0 Å². The number of hydrogen-bond donors (Lipinski definition) is 1. The second kappa shape index (κ2) is 4.83. The van der Waals surface area contributed by atoms with Gasteiger partial charge in [0.15, 0.2) is 0 Å². The smallest absolute Gasteiger partial charge is 0.0558 e. The first-order valence-electron chi connectivity index (χ1n) is 5.20. The third-order valence-corrected chi connectivity index (χ3v) is 2.79. The topological polar surface area (TPSA) is 23.5 Å². The quantitative estimate of drug-likeness (QED) is 0.656. The Kier molecular flexibility index (Phi) is 4.02. The first kappa shape index (κ1) is 10.0. The predicted octanol–water partition coefficient (Wildman–Crippen LogP) is 1.63. The van der Waals surface area contributed by atoms with Crippen molar-refractivity contribution in [1.82, 2.24) is 4.90 Å². The summed E-state index contributed by atoms with van der Waals surface area (Å²) < 4.78 is 0. The number of aliphatic hydroxyl groups excluding tert-OH is 1. The summed E-state index contributed by atoms with van der Waals surface area (Å²) in [5.41, 5.74) is 0. The van der Waals surface area contributed by atoms with E-state index in [1.54, 1.807) is 0 Å². The van der Waals surface area contributed by atoms with E-state index < -0.39 is 0 Å². The average molecular weight is 171 g/mol. The molecule has 72 valence electrons. The Bertz CT molecular complexity index is 119. The summed E-state index contributed by atoms with van der Waals surface area (Å²) in [5.74, 6) is 0. The second-order valence-corrected chi connectivity index (χ2v) is 3.66. The molecular formula is C10H21NO. The van der Waals surface area contributed by atoms with Crippen molar-refractivity contribution in [3.05, 3.63) is 0 Å². The number of hydrogen-bond acceptors (Lipinski definition) is 2. The highest BCUT2D eigenvalue weighted by atomic mass is 16.3. The van der Waals surface area contributed by atoms with Crippen LogP contribution in [-0.2, 0) is 0 Å². The van der Waals surface area contributed by atoms with Crippen molar-refractivity contribution in [2.45, 2.75) is 51.6 Å². The van der Waals surface area contributed by atoms with Crippen molar-refractivity contribution < 1.29 is 5.11 Å². The van der Waals surface area contributed by atoms with Crippen LogP contribution in [-0.4, -0.2) is 35.2 Å². The van der Waals surface area contributed by atoms with E-state index in [-0.39, 0.29) is 0 Å². The molecule has 0 spiro atoms. The van der Waals surface area contributed by atoms with E-state index >= 15 is 0 Å². The van der Waals surface area contributed by atoms with Gasteiger partial charge in [-0.25, -0.2) is 0 Å². The molecule has 0 heterocycles. The molecule has 12 heavy (non-hydrogen) atoms. The molecule has 1 fully saturated rings. The Balaban J connectivity index is 2.38. The standard InChI is InChI=1S/C10H21NO/c1-3-9(4-2)11(7-8-12)10-5-6-10/h9-10,12H,3-8H2,1-2H3. The van der Waals surface area contributed by atoms with Crippen LogP contribution in [0.3, 0.4) is 0 Å². The van der Waals surface area contributed by atoms with Gasteiger partial charge in [-0.05, 0) is 25.7 Å². The van der Waals surface area contributed by atoms with Gasteiger partial charge in [0.1, 0.15) is 0 Å². The normalized spacial score (nSPS) is 17.8. The molecule has 0 aromatic heterocycles. The second-order valence-electron chi connectivity index (χ2n) is 3.66. The Labute approximate surface area is 75.6 Å². The van der Waals surface area contributed by atoms with Crippen LogP contribution in [0.25, 0.3) is 0 Å². The minimum Gasteiger partial charge on any atom is -0.395 e. The summed E-state index contributed by atoms with van der Waals surface area (Å²) in [4.78, 5) is 2.49. The lowest BCUT2D eigenvalue weighted by Gasteiger charge is -2.29. The molecule has 0 atom stereocenters. The molecule has 1 aliphatic carbocycles. The van der Waals surface area contributed by atoms with Crippen LogP contribution in [0.4, 0.5) is 0 Å². The molecule has 2 nitrogen and oxygen atoms in total. The number of nitrogens with zero attached hydrogens (tertiary/aromatic N) is 1. The first-order chi connectivity index (χ1) is 5.83. The molecule has 0 saturated heterocycles. The molecule has 2 heteroatoms. The molecule has 1 saturated carbocycles. The Morgan fingerprint density at radius 1 is 1.33 bits per heavy atom. The molecule has 0 aromatic rings. The molecule has 0 aliphatic heterocycles. The third kappa shape index (κ3) is 2.46. The maximum Gasteiger partial charge on any atom is 0.0558 e. The highest BCUT2D eigenvalue weighted by Crippen LogP contribution is 2.29. The first-order valence-corrected chi connectivity index (χ1v) is 5.20. The van der Waals surface area contributed by atoms with Gasteiger partial charge < -0.3 is 5.11 Å². The fraction of sp³-hybridized carbons (Fsp3) is 1.00. The third-order valence-electron chi connectivity index (χ3n) is 2.79. The fourth-order valence-electron chi connectivity index (χ4n) is 1.94. The van der Waals surface area contributed by atoms with Crippen LogP contribution < -0.4 is 0 Å². The van der Waals surface area contributed by atoms with Gasteiger partial charge in [-0.15, -0.1) is 0 Å². The predicted molar refractivity (Wildman–Crippen MR) is 51.2 cm³/mol. The highest BCUT2D eigenvalue weighted by molar-refractivity contribution is 4.87. The zero-order valence-corrected chi connectivity index (χ0v) is 8.29. The lowest BCUT2D eigenvalue weighted by molar-refractivity contribution is 0.136. The van der Waals surface area contributed by atoms with Gasteiger partial charge in [-0.1, -0.05) is 13.8 Å². The Hall–Kier alpha value is -0.0800. The maximum absolute atomic E-state index is 8.91. The van der Waals surface area contributed by atoms with Crippen LogP contribution in [0.15, 0.2) is 0 Å². The molecule has 1 rings (SSSR count). The van der Waals surface area contributed by atoms with Gasteiger partial charge in [0.25, 0.3) is 0 Å². The van der Waals surface area contributed by atoms with E-state index in [4.69, 9.17) is 5.11 Å². The Morgan fingerprint density at radius 2 is 1.92 bits per heavy atom. The van der Waals surface area contributed by atoms with Crippen LogP contribution in [0, 0.1) is 0 Å². The molecule has 0 unspecified atom stereocenters. The number of rotatable bonds is 6. The summed E-state index contributed by atoms with van der Waals surface area (Å²) in [5, 5.41) is 8.91. The molecule has 0 radical (unpaired) electrons. The summed E-state index contributed by atoms with van der Waals surface area (Å²) in [6.45, 7) is 5.66. The minimum atomic E-state index is 0.312. The van der Waals surface area contributed by atoms with Crippen LogP contribution in [0.1, 0.15) is 39.5 Å². The lowest BCUT2D eigenvalue weighted by atomic mass is 10.1. The van der Waals surface area contributed by atoms with E-state index in [1.807, 2.05) is 0 Å². The molecule has 0 amide bonds. The van der Waals surface area contributed by atoms with Crippen molar-refractivity contribution in [2.75, 3.05) is 13.2 Å². The van der Waals surface area contributed by atoms with Gasteiger partial charge in [0, 0.05) is 18.6 Å². The van der Waals surface area contributed by atoms with Gasteiger partial charge in [0.2, 0.25) is 0 Å². The average Bonchev–Trinajstić information content (AvgIpc) is 2.88. The van der Waals surface area contributed by atoms with Crippen LogP contribution >= 0.6 is 0 Å². The van der Waals surface area contributed by atoms with Crippen molar-refractivity contribution in [3.63, 3.8) is 0 Å². The molecule has 0 aromatic carbocycles. The molecule has 0 bridgehead atoms. The van der Waals surface area contributed by atoms with Gasteiger partial charge in [-0.3, -0.25) is 4.90 Å². The Morgan fingerprint density at radius 3 is 2.25 bits per heavy atom. The zero-order chi connectivity index (χ0) is 8.97. The summed E-state index contributed by atoms with van der Waals surface area (Å²) >= 11 is 0. The molecule has 1 N–H and O–H groups in total. The maximum atomic E-state index is 8.91. The molecular weight excluding hydrogens is 150 g/mol. The SMILES string of the molecule is CCC(CC)N(CCO)C1CC1. The van der Waals surface area contributed by atoms with Crippen molar-refractivity contribution in [2.24, 2.45) is 0 Å². The fourth-order valence-corrected chi connectivity index (χ4v) is 1.94. The largest absolute Gasteiger partial charge is 0.395 e. The zero-order valence-electron chi connectivity index (χ0n) is 8.29. The van der Waals surface area contributed by atoms with Gasteiger partial charge >= 0.3 is 0 Å². The highest BCUT2D eigenvalue weighted by Gasteiger charge is 2.31. The van der Waals surface area contributed by atoms with E-state index in [0.29, 0.717) is 12.6 Å². The van der Waals surface area contributed by atoms with Crippen molar-refractivity contribution in [3.8, 4) is 0 Å². The van der Waals surface area contributed by atoms with Crippen molar-refractivity contribution >= 4 is 0 Å². The summed E-state index contributed by atoms with van der Waals surface area (Å²) in [6.07, 6.45) is 5.12. The van der Waals surface area contributed by atoms with Gasteiger partial charge in [0.05, 0.1) is 6.61 Å². The summed E-state index contributed by atoms with van der Waals surface area (Å²) in [6, 6.07) is 1.49. The van der Waals surface area contributed by atoms with E-state index in [0.717, 1.165) is 12.6 Å². The number of aliphatic hydroxyl groups is 1. The lowest BCUT2D eigenvalue weighted by Crippen LogP contribution is -2.38. The van der Waals surface area contributed by atoms with Gasteiger partial charge in [-0.2, -0.15) is 0 Å². The monoisotopic (exact) mass is 171 g/mol. The van der Waals surface area contributed by atoms with E-state index in [1.165, 1.54) is 25.7 Å². The molecule has 1 aliphatic rings. The van der Waals surface area contributed by atoms with E-state index in [2.05, 4.69) is 18.7 Å². The van der Waals surface area contributed by atoms with Crippen LogP contribution in [0.5, 0.6) is 0 Å². The van der Waals surface area contributed by atoms with Crippen molar-refractivity contribution in [1.29, 1.82) is 0 Å². The minimum absolute atomic E-state index is 0.312. The van der Waals surface area contributed by atoms with Crippen LogP contribution in [0.2, 0.25) is 0 Å².